The number of methoxy groups -OCH3 is 1. The van der Waals surface area contributed by atoms with Crippen LogP contribution < -0.4 is 0 Å². The van der Waals surface area contributed by atoms with E-state index >= 15 is 0 Å². The molecule has 0 N–H and O–H groups in total. The van der Waals surface area contributed by atoms with Crippen LogP contribution in [-0.4, -0.2) is 13.1 Å². The summed E-state index contributed by atoms with van der Waals surface area (Å²) in [6.07, 6.45) is 2.20. The lowest BCUT2D eigenvalue weighted by Crippen LogP contribution is -2.03. The van der Waals surface area contributed by atoms with Crippen molar-refractivity contribution in [3.05, 3.63) is 35.4 Å². The number of benzene rings is 1. The molecule has 0 saturated heterocycles. The van der Waals surface area contributed by atoms with Crippen LogP contribution in [0.3, 0.4) is 0 Å². The third-order valence-corrected chi connectivity index (χ3v) is 2.76. The first-order chi connectivity index (χ1) is 7.22. The molecule has 0 radical (unpaired) electrons. The highest BCUT2D eigenvalue weighted by molar-refractivity contribution is 5.89. The molecule has 1 aromatic rings. The molecule has 0 bridgehead atoms. The Hall–Kier alpha value is -1.31. The zero-order valence-electron chi connectivity index (χ0n) is 9.62. The highest BCUT2D eigenvalue weighted by Gasteiger charge is 2.10. The van der Waals surface area contributed by atoms with Gasteiger partial charge in [0.15, 0.2) is 0 Å². The molecule has 1 rings (SSSR count). The van der Waals surface area contributed by atoms with Gasteiger partial charge in [0.05, 0.1) is 12.7 Å². The van der Waals surface area contributed by atoms with Gasteiger partial charge >= 0.3 is 5.97 Å². The van der Waals surface area contributed by atoms with E-state index in [0.29, 0.717) is 11.5 Å². The Kier molecular flexibility index (Phi) is 4.35. The Morgan fingerprint density at radius 2 is 2.00 bits per heavy atom. The molecule has 82 valence electrons. The Labute approximate surface area is 91.3 Å². The fraction of sp³-hybridized carbons (Fsp3) is 0.462. The molecule has 0 aliphatic carbocycles. The Bertz CT molecular complexity index is 327. The van der Waals surface area contributed by atoms with Crippen molar-refractivity contribution in [2.24, 2.45) is 0 Å². The number of hydrogen-bond acceptors (Lipinski definition) is 2. The average Bonchev–Trinajstić information content (AvgIpc) is 2.30. The quantitative estimate of drug-likeness (QED) is 0.706. The minimum absolute atomic E-state index is 0.261. The molecule has 2 heteroatoms. The summed E-state index contributed by atoms with van der Waals surface area (Å²) in [4.78, 5) is 11.3. The van der Waals surface area contributed by atoms with Crippen LogP contribution in [0.15, 0.2) is 24.3 Å². The van der Waals surface area contributed by atoms with E-state index in [-0.39, 0.29) is 5.97 Å². The summed E-state index contributed by atoms with van der Waals surface area (Å²) in [6, 6.07) is 7.71. The lowest BCUT2D eigenvalue weighted by molar-refractivity contribution is 0.0600. The van der Waals surface area contributed by atoms with Crippen molar-refractivity contribution in [1.82, 2.24) is 0 Å². The summed E-state index contributed by atoms with van der Waals surface area (Å²) in [7, 11) is 1.41. The third kappa shape index (κ3) is 2.82. The standard InChI is InChI=1S/C13H18O2/c1-4-10(5-2)11-7-6-8-12(9-11)13(14)15-3/h6-10H,4-5H2,1-3H3. The predicted octanol–water partition coefficient (Wildman–Crippen LogP) is 3.38. The predicted molar refractivity (Wildman–Crippen MR) is 61.1 cm³/mol. The molecule has 0 amide bonds. The van der Waals surface area contributed by atoms with E-state index in [0.717, 1.165) is 12.8 Å². The van der Waals surface area contributed by atoms with Gasteiger partial charge in [0.2, 0.25) is 0 Å². The van der Waals surface area contributed by atoms with Gasteiger partial charge in [0.25, 0.3) is 0 Å². The molecule has 0 unspecified atom stereocenters. The number of ether oxygens (including phenoxy) is 1. The van der Waals surface area contributed by atoms with Gasteiger partial charge in [-0.15, -0.1) is 0 Å². The lowest BCUT2D eigenvalue weighted by atomic mass is 9.93. The van der Waals surface area contributed by atoms with Gasteiger partial charge in [0, 0.05) is 0 Å². The molecule has 0 aliphatic heterocycles. The van der Waals surface area contributed by atoms with Crippen LogP contribution in [0.1, 0.15) is 48.5 Å². The molecule has 0 atom stereocenters. The fourth-order valence-corrected chi connectivity index (χ4v) is 1.80. The first-order valence-electron chi connectivity index (χ1n) is 5.41. The smallest absolute Gasteiger partial charge is 0.337 e. The molecule has 0 fully saturated rings. The molecule has 0 saturated carbocycles. The summed E-state index contributed by atoms with van der Waals surface area (Å²) < 4.78 is 4.70. The van der Waals surface area contributed by atoms with Crippen molar-refractivity contribution in [3.63, 3.8) is 0 Å². The Morgan fingerprint density at radius 1 is 1.33 bits per heavy atom. The maximum absolute atomic E-state index is 11.3. The zero-order chi connectivity index (χ0) is 11.3. The van der Waals surface area contributed by atoms with Crippen molar-refractivity contribution in [3.8, 4) is 0 Å². The molecule has 0 aromatic heterocycles. The lowest BCUT2D eigenvalue weighted by Gasteiger charge is -2.13. The van der Waals surface area contributed by atoms with Crippen LogP contribution in [0.2, 0.25) is 0 Å². The molecule has 2 nitrogen and oxygen atoms in total. The second-order valence-electron chi connectivity index (χ2n) is 3.63. The fourth-order valence-electron chi connectivity index (χ4n) is 1.80. The number of rotatable bonds is 4. The Morgan fingerprint density at radius 3 is 2.53 bits per heavy atom. The topological polar surface area (TPSA) is 26.3 Å². The number of carbonyl (C=O) groups excluding carboxylic acids is 1. The molecular formula is C13H18O2. The first-order valence-corrected chi connectivity index (χ1v) is 5.41. The van der Waals surface area contributed by atoms with Gasteiger partial charge in [0.1, 0.15) is 0 Å². The molecule has 1 aromatic carbocycles. The number of carbonyl (C=O) groups is 1. The van der Waals surface area contributed by atoms with Gasteiger partial charge in [-0.2, -0.15) is 0 Å². The molecule has 0 heterocycles. The summed E-state index contributed by atoms with van der Waals surface area (Å²) in [5.41, 5.74) is 1.87. The van der Waals surface area contributed by atoms with Crippen LogP contribution in [-0.2, 0) is 4.74 Å². The maximum atomic E-state index is 11.3. The van der Waals surface area contributed by atoms with E-state index in [2.05, 4.69) is 19.9 Å². The second-order valence-corrected chi connectivity index (χ2v) is 3.63. The van der Waals surface area contributed by atoms with Crippen LogP contribution in [0, 0.1) is 0 Å². The highest BCUT2D eigenvalue weighted by Crippen LogP contribution is 2.23. The second kappa shape index (κ2) is 5.54. The van der Waals surface area contributed by atoms with E-state index in [1.165, 1.54) is 12.7 Å². The zero-order valence-corrected chi connectivity index (χ0v) is 9.62. The normalized spacial score (nSPS) is 10.4. The summed E-state index contributed by atoms with van der Waals surface area (Å²) in [5, 5.41) is 0. The van der Waals surface area contributed by atoms with E-state index in [9.17, 15) is 4.79 Å². The number of hydrogen-bond donors (Lipinski definition) is 0. The van der Waals surface area contributed by atoms with Crippen molar-refractivity contribution >= 4 is 5.97 Å². The summed E-state index contributed by atoms with van der Waals surface area (Å²) in [5.74, 6) is 0.275. The van der Waals surface area contributed by atoms with Crippen molar-refractivity contribution in [2.45, 2.75) is 32.6 Å². The molecule has 0 spiro atoms. The number of esters is 1. The van der Waals surface area contributed by atoms with Gasteiger partial charge in [-0.3, -0.25) is 0 Å². The summed E-state index contributed by atoms with van der Waals surface area (Å²) >= 11 is 0. The molecule has 15 heavy (non-hydrogen) atoms. The third-order valence-electron chi connectivity index (χ3n) is 2.76. The van der Waals surface area contributed by atoms with Crippen molar-refractivity contribution < 1.29 is 9.53 Å². The van der Waals surface area contributed by atoms with Crippen LogP contribution in [0.25, 0.3) is 0 Å². The minimum Gasteiger partial charge on any atom is -0.465 e. The van der Waals surface area contributed by atoms with Gasteiger partial charge in [-0.1, -0.05) is 26.0 Å². The van der Waals surface area contributed by atoms with E-state index in [4.69, 9.17) is 4.74 Å². The summed E-state index contributed by atoms with van der Waals surface area (Å²) in [6.45, 7) is 4.33. The molecule has 0 aliphatic rings. The van der Waals surface area contributed by atoms with Crippen LogP contribution in [0.4, 0.5) is 0 Å². The van der Waals surface area contributed by atoms with Crippen LogP contribution >= 0.6 is 0 Å². The van der Waals surface area contributed by atoms with Crippen LogP contribution in [0.5, 0.6) is 0 Å². The highest BCUT2D eigenvalue weighted by atomic mass is 16.5. The first kappa shape index (κ1) is 11.8. The maximum Gasteiger partial charge on any atom is 0.337 e. The van der Waals surface area contributed by atoms with Gasteiger partial charge in [-0.25, -0.2) is 4.79 Å². The van der Waals surface area contributed by atoms with Crippen molar-refractivity contribution in [1.29, 1.82) is 0 Å². The molecular weight excluding hydrogens is 188 g/mol. The van der Waals surface area contributed by atoms with E-state index < -0.39 is 0 Å². The minimum atomic E-state index is -0.261. The van der Waals surface area contributed by atoms with Gasteiger partial charge in [-0.05, 0) is 36.5 Å². The Balaban J connectivity index is 2.96. The average molecular weight is 206 g/mol. The van der Waals surface area contributed by atoms with E-state index in [1.807, 2.05) is 12.1 Å². The van der Waals surface area contributed by atoms with Crippen molar-refractivity contribution in [2.75, 3.05) is 7.11 Å². The monoisotopic (exact) mass is 206 g/mol. The SMILES string of the molecule is CCC(CC)c1cccc(C(=O)OC)c1. The van der Waals surface area contributed by atoms with E-state index in [1.54, 1.807) is 6.07 Å². The van der Waals surface area contributed by atoms with Gasteiger partial charge < -0.3 is 4.74 Å². The largest absolute Gasteiger partial charge is 0.465 e.